The summed E-state index contributed by atoms with van der Waals surface area (Å²) >= 11 is 3.42. The molecule has 7 heteroatoms. The zero-order chi connectivity index (χ0) is 16.2. The van der Waals surface area contributed by atoms with E-state index in [1.54, 1.807) is 0 Å². The van der Waals surface area contributed by atoms with Crippen molar-refractivity contribution in [1.29, 1.82) is 0 Å². The molecule has 1 saturated heterocycles. The maximum absolute atomic E-state index is 5.31. The van der Waals surface area contributed by atoms with Gasteiger partial charge in [0.2, 0.25) is 5.89 Å². The summed E-state index contributed by atoms with van der Waals surface area (Å²) in [5.41, 5.74) is 0. The van der Waals surface area contributed by atoms with Crippen LogP contribution in [0.4, 0.5) is 5.82 Å². The number of halogens is 1. The molecule has 124 valence electrons. The van der Waals surface area contributed by atoms with Gasteiger partial charge >= 0.3 is 0 Å². The summed E-state index contributed by atoms with van der Waals surface area (Å²) in [7, 11) is 0. The molecular formula is C16H22BrN5O. The third-order valence-corrected chi connectivity index (χ3v) is 4.34. The van der Waals surface area contributed by atoms with E-state index in [1.165, 1.54) is 0 Å². The Bertz CT molecular complexity index is 620. The topological polar surface area (TPSA) is 58.3 Å². The van der Waals surface area contributed by atoms with Gasteiger partial charge in [0.25, 0.3) is 0 Å². The van der Waals surface area contributed by atoms with Crippen LogP contribution in [0.15, 0.2) is 27.3 Å². The Kier molecular flexibility index (Phi) is 5.27. The van der Waals surface area contributed by atoms with Crippen molar-refractivity contribution in [3.05, 3.63) is 34.5 Å². The minimum atomic E-state index is 0.533. The van der Waals surface area contributed by atoms with Gasteiger partial charge in [-0.05, 0) is 34.0 Å². The lowest BCUT2D eigenvalue weighted by Crippen LogP contribution is -2.46. The third-order valence-electron chi connectivity index (χ3n) is 3.87. The number of piperazine rings is 1. The lowest BCUT2D eigenvalue weighted by Gasteiger charge is -2.34. The molecule has 0 amide bonds. The van der Waals surface area contributed by atoms with Gasteiger partial charge in [0.15, 0.2) is 5.82 Å². The lowest BCUT2D eigenvalue weighted by molar-refractivity contribution is 0.239. The Labute approximate surface area is 145 Å². The highest BCUT2D eigenvalue weighted by Gasteiger charge is 2.20. The van der Waals surface area contributed by atoms with E-state index in [-0.39, 0.29) is 0 Å². The van der Waals surface area contributed by atoms with Crippen molar-refractivity contribution in [1.82, 2.24) is 20.0 Å². The monoisotopic (exact) mass is 379 g/mol. The Morgan fingerprint density at radius 1 is 1.22 bits per heavy atom. The Balaban J connectivity index is 1.51. The highest BCUT2D eigenvalue weighted by Crippen LogP contribution is 2.17. The minimum Gasteiger partial charge on any atom is -0.354 e. The van der Waals surface area contributed by atoms with Crippen molar-refractivity contribution in [3.8, 4) is 0 Å². The number of rotatable bonds is 5. The SMILES string of the molecule is CC(C)Cc1nc(CN2CCN(c3ccc(Br)cn3)CC2)no1. The van der Waals surface area contributed by atoms with Crippen LogP contribution in [0.3, 0.4) is 0 Å². The zero-order valence-corrected chi connectivity index (χ0v) is 15.2. The number of hydrogen-bond donors (Lipinski definition) is 0. The van der Waals surface area contributed by atoms with E-state index in [9.17, 15) is 0 Å². The van der Waals surface area contributed by atoms with Gasteiger partial charge in [-0.3, -0.25) is 4.90 Å². The Hall–Kier alpha value is -1.47. The quantitative estimate of drug-likeness (QED) is 0.795. The van der Waals surface area contributed by atoms with Crippen LogP contribution in [0.1, 0.15) is 25.6 Å². The molecule has 0 bridgehead atoms. The minimum absolute atomic E-state index is 0.533. The van der Waals surface area contributed by atoms with Gasteiger partial charge in [0.1, 0.15) is 5.82 Å². The second-order valence-corrected chi connectivity index (χ2v) is 7.22. The predicted octanol–water partition coefficient (Wildman–Crippen LogP) is 2.75. The lowest BCUT2D eigenvalue weighted by atomic mass is 10.1. The molecule has 0 N–H and O–H groups in total. The predicted molar refractivity (Wildman–Crippen MR) is 92.3 cm³/mol. The van der Waals surface area contributed by atoms with Crippen molar-refractivity contribution >= 4 is 21.7 Å². The summed E-state index contributed by atoms with van der Waals surface area (Å²) in [6, 6.07) is 4.08. The molecule has 0 atom stereocenters. The fraction of sp³-hybridized carbons (Fsp3) is 0.562. The van der Waals surface area contributed by atoms with Crippen molar-refractivity contribution in [2.24, 2.45) is 5.92 Å². The van der Waals surface area contributed by atoms with Gasteiger partial charge in [-0.2, -0.15) is 4.98 Å². The first-order valence-electron chi connectivity index (χ1n) is 8.00. The number of anilines is 1. The maximum atomic E-state index is 5.31. The van der Waals surface area contributed by atoms with Crippen LogP contribution in [0, 0.1) is 5.92 Å². The molecule has 0 aliphatic carbocycles. The third kappa shape index (κ3) is 4.51. The molecule has 6 nitrogen and oxygen atoms in total. The molecule has 0 radical (unpaired) electrons. The summed E-state index contributed by atoms with van der Waals surface area (Å²) in [6.45, 7) is 8.94. The van der Waals surface area contributed by atoms with Crippen LogP contribution in [0.5, 0.6) is 0 Å². The molecule has 23 heavy (non-hydrogen) atoms. The first-order valence-corrected chi connectivity index (χ1v) is 8.80. The van der Waals surface area contributed by atoms with Gasteiger partial charge in [-0.25, -0.2) is 4.98 Å². The molecule has 0 unspecified atom stereocenters. The normalized spacial score (nSPS) is 16.3. The van der Waals surface area contributed by atoms with Crippen molar-refractivity contribution in [2.45, 2.75) is 26.8 Å². The fourth-order valence-corrected chi connectivity index (χ4v) is 2.91. The smallest absolute Gasteiger partial charge is 0.226 e. The van der Waals surface area contributed by atoms with Crippen LogP contribution in [-0.4, -0.2) is 46.2 Å². The standard InChI is InChI=1S/C16H22BrN5O/c1-12(2)9-16-19-14(20-23-16)11-21-5-7-22(8-6-21)15-4-3-13(17)10-18-15/h3-4,10,12H,5-9,11H2,1-2H3. The number of pyridine rings is 1. The van der Waals surface area contributed by atoms with Crippen molar-refractivity contribution < 1.29 is 4.52 Å². The second-order valence-electron chi connectivity index (χ2n) is 6.30. The van der Waals surface area contributed by atoms with Gasteiger partial charge in [0.05, 0.1) is 6.54 Å². The molecule has 2 aromatic heterocycles. The summed E-state index contributed by atoms with van der Waals surface area (Å²) in [5, 5.41) is 4.09. The summed E-state index contributed by atoms with van der Waals surface area (Å²) < 4.78 is 6.31. The van der Waals surface area contributed by atoms with Gasteiger partial charge < -0.3 is 9.42 Å². The first kappa shape index (κ1) is 16.4. The zero-order valence-electron chi connectivity index (χ0n) is 13.6. The molecule has 1 aliphatic heterocycles. The molecular weight excluding hydrogens is 358 g/mol. The molecule has 0 aromatic carbocycles. The van der Waals surface area contributed by atoms with Crippen LogP contribution in [0.2, 0.25) is 0 Å². The van der Waals surface area contributed by atoms with Gasteiger partial charge in [-0.1, -0.05) is 19.0 Å². The van der Waals surface area contributed by atoms with Crippen LogP contribution < -0.4 is 4.90 Å². The second kappa shape index (κ2) is 7.40. The van der Waals surface area contributed by atoms with Crippen LogP contribution >= 0.6 is 15.9 Å². The van der Waals surface area contributed by atoms with Gasteiger partial charge in [-0.15, -0.1) is 0 Å². The van der Waals surface area contributed by atoms with Gasteiger partial charge in [0, 0.05) is 43.3 Å². The Morgan fingerprint density at radius 3 is 2.65 bits per heavy atom. The molecule has 3 heterocycles. The van der Waals surface area contributed by atoms with Crippen molar-refractivity contribution in [3.63, 3.8) is 0 Å². The van der Waals surface area contributed by atoms with E-state index in [2.05, 4.69) is 60.8 Å². The van der Waals surface area contributed by atoms with E-state index in [1.807, 2.05) is 12.3 Å². The molecule has 0 spiro atoms. The molecule has 0 saturated carbocycles. The molecule has 2 aromatic rings. The largest absolute Gasteiger partial charge is 0.354 e. The molecule has 1 fully saturated rings. The maximum Gasteiger partial charge on any atom is 0.226 e. The van der Waals surface area contributed by atoms with E-state index in [0.717, 1.165) is 61.2 Å². The Morgan fingerprint density at radius 2 is 2.00 bits per heavy atom. The van der Waals surface area contributed by atoms with E-state index in [4.69, 9.17) is 4.52 Å². The molecule has 1 aliphatic rings. The number of hydrogen-bond acceptors (Lipinski definition) is 6. The van der Waals surface area contributed by atoms with E-state index < -0.39 is 0 Å². The highest BCUT2D eigenvalue weighted by molar-refractivity contribution is 9.10. The average molecular weight is 380 g/mol. The summed E-state index contributed by atoms with van der Waals surface area (Å²) in [4.78, 5) is 13.6. The number of nitrogens with zero attached hydrogens (tertiary/aromatic N) is 5. The van der Waals surface area contributed by atoms with Crippen LogP contribution in [0.25, 0.3) is 0 Å². The summed E-state index contributed by atoms with van der Waals surface area (Å²) in [5.74, 6) is 3.10. The average Bonchev–Trinajstić information content (AvgIpc) is 2.95. The molecule has 3 rings (SSSR count). The fourth-order valence-electron chi connectivity index (χ4n) is 2.68. The van der Waals surface area contributed by atoms with E-state index in [0.29, 0.717) is 5.92 Å². The van der Waals surface area contributed by atoms with E-state index >= 15 is 0 Å². The highest BCUT2D eigenvalue weighted by atomic mass is 79.9. The summed E-state index contributed by atoms with van der Waals surface area (Å²) in [6.07, 6.45) is 2.69. The first-order chi connectivity index (χ1) is 11.1. The van der Waals surface area contributed by atoms with Crippen LogP contribution in [-0.2, 0) is 13.0 Å². The number of aromatic nitrogens is 3. The van der Waals surface area contributed by atoms with Crippen molar-refractivity contribution in [2.75, 3.05) is 31.1 Å².